The van der Waals surface area contributed by atoms with Crippen LogP contribution in [0.1, 0.15) is 13.8 Å². The lowest BCUT2D eigenvalue weighted by Crippen LogP contribution is -2.70. The van der Waals surface area contributed by atoms with Gasteiger partial charge in [0.2, 0.25) is 8.24 Å². The van der Waals surface area contributed by atoms with Gasteiger partial charge in [-0.3, -0.25) is 4.79 Å². The molecule has 2 heterocycles. The minimum atomic E-state index is -1.72. The number of alkyl halides is 4. The van der Waals surface area contributed by atoms with E-state index in [1.165, 1.54) is 22.7 Å². The van der Waals surface area contributed by atoms with Crippen LogP contribution in [0.15, 0.2) is 17.6 Å². The highest BCUT2D eigenvalue weighted by atomic mass is 79.9. The van der Waals surface area contributed by atoms with Crippen LogP contribution in [-0.4, -0.2) is 53.0 Å². The van der Waals surface area contributed by atoms with Crippen LogP contribution < -0.4 is 0 Å². The Morgan fingerprint density at radius 3 is 2.62 bits per heavy atom. The van der Waals surface area contributed by atoms with E-state index in [9.17, 15) is 9.59 Å². The number of nitrogens with zero attached hydrogens (tertiary/aromatic N) is 2. The van der Waals surface area contributed by atoms with E-state index in [1.807, 2.05) is 13.8 Å². The summed E-state index contributed by atoms with van der Waals surface area (Å²) < 4.78 is 1.50. The summed E-state index contributed by atoms with van der Waals surface area (Å²) in [5, 5.41) is -0.320. The van der Waals surface area contributed by atoms with Crippen LogP contribution in [0, 0.1) is 0 Å². The van der Waals surface area contributed by atoms with E-state index in [1.54, 1.807) is 0 Å². The van der Waals surface area contributed by atoms with E-state index in [-0.39, 0.29) is 11.1 Å². The third-order valence-electron chi connectivity index (χ3n) is 3.51. The van der Waals surface area contributed by atoms with E-state index in [0.717, 1.165) is 0 Å². The maximum absolute atomic E-state index is 12.6. The molecule has 0 unspecified atom stereocenters. The number of ether oxygens (including phenoxy) is 1. The second-order valence-electron chi connectivity index (χ2n) is 5.72. The molecule has 0 aromatic rings. The number of fused-ring (bicyclic) bond motifs is 1. The van der Waals surface area contributed by atoms with Gasteiger partial charge in [0.05, 0.1) is 0 Å². The zero-order valence-electron chi connectivity index (χ0n) is 12.6. The molecule has 0 N–H and O–H groups in total. The number of carbonyl (C=O) groups excluding carboxylic acids is 2. The third-order valence-corrected chi connectivity index (χ3v) is 6.95. The van der Waals surface area contributed by atoms with Crippen molar-refractivity contribution in [3.05, 3.63) is 12.7 Å². The number of allylic oxidation sites excluding steroid dienone is 1. The summed E-state index contributed by atoms with van der Waals surface area (Å²) in [5.74, 6) is -1.02. The normalized spacial score (nSPS) is 32.2. The van der Waals surface area contributed by atoms with Crippen molar-refractivity contribution in [3.8, 4) is 0 Å². The molecule has 2 fully saturated rings. The molecule has 134 valence electrons. The van der Waals surface area contributed by atoms with Crippen molar-refractivity contribution in [2.45, 2.75) is 38.3 Å². The Morgan fingerprint density at radius 1 is 1.54 bits per heavy atom. The Labute approximate surface area is 172 Å². The maximum Gasteiger partial charge on any atom is 0.330 e. The largest absolute Gasteiger partial charge is 0.460 e. The molecular weight excluding hydrogens is 486 g/mol. The predicted octanol–water partition coefficient (Wildman–Crippen LogP) is 3.88. The average molecular weight is 499 g/mol. The van der Waals surface area contributed by atoms with Gasteiger partial charge in [-0.2, -0.15) is 0 Å². The van der Waals surface area contributed by atoms with Crippen LogP contribution in [-0.2, 0) is 14.3 Å². The van der Waals surface area contributed by atoms with Crippen molar-refractivity contribution in [3.63, 3.8) is 0 Å². The SMILES string of the molecule is C=CC(Cl)=N[C@]1(Br)C(=O)N2[C@@H](C(=O)OCC(Cl)(Cl)Cl)C(C)(C)S[C@@H]21. The number of hydrogen-bond donors (Lipinski definition) is 0. The number of amides is 1. The molecule has 3 atom stereocenters. The zero-order valence-corrected chi connectivity index (χ0v) is 18.0. The molecule has 0 aromatic heterocycles. The summed E-state index contributed by atoms with van der Waals surface area (Å²) in [6.07, 6.45) is 1.33. The second kappa shape index (κ2) is 6.82. The first-order chi connectivity index (χ1) is 10.8. The third kappa shape index (κ3) is 3.71. The number of β-lactam (4-membered cyclic amide) rings is 1. The molecule has 0 spiro atoms. The van der Waals surface area contributed by atoms with Crippen molar-refractivity contribution >= 4 is 91.1 Å². The van der Waals surface area contributed by atoms with Gasteiger partial charge in [-0.25, -0.2) is 9.79 Å². The highest BCUT2D eigenvalue weighted by molar-refractivity contribution is 9.10. The van der Waals surface area contributed by atoms with E-state index in [0.29, 0.717) is 0 Å². The van der Waals surface area contributed by atoms with Gasteiger partial charge in [-0.15, -0.1) is 11.8 Å². The molecule has 0 aromatic carbocycles. The van der Waals surface area contributed by atoms with E-state index in [2.05, 4.69) is 27.5 Å². The number of aliphatic imine (C=N–C) groups is 1. The lowest BCUT2D eigenvalue weighted by Gasteiger charge is -2.47. The van der Waals surface area contributed by atoms with Crippen molar-refractivity contribution in [2.24, 2.45) is 4.99 Å². The summed E-state index contributed by atoms with van der Waals surface area (Å²) in [4.78, 5) is 30.6. The first-order valence-electron chi connectivity index (χ1n) is 6.64. The Hall–Kier alpha value is 0.340. The lowest BCUT2D eigenvalue weighted by atomic mass is 9.96. The van der Waals surface area contributed by atoms with E-state index < -0.39 is 37.0 Å². The molecule has 5 nitrogen and oxygen atoms in total. The van der Waals surface area contributed by atoms with Crippen molar-refractivity contribution < 1.29 is 14.3 Å². The lowest BCUT2D eigenvalue weighted by molar-refractivity contribution is -0.163. The molecule has 0 radical (unpaired) electrons. The van der Waals surface area contributed by atoms with E-state index in [4.69, 9.17) is 51.1 Å². The van der Waals surface area contributed by atoms with Crippen molar-refractivity contribution in [1.82, 2.24) is 4.90 Å². The summed E-state index contributed by atoms with van der Waals surface area (Å²) in [5.41, 5.74) is 0. The van der Waals surface area contributed by atoms with Crippen molar-refractivity contribution in [2.75, 3.05) is 6.61 Å². The van der Waals surface area contributed by atoms with Gasteiger partial charge in [-0.05, 0) is 35.9 Å². The van der Waals surface area contributed by atoms with Gasteiger partial charge >= 0.3 is 5.97 Å². The van der Waals surface area contributed by atoms with Gasteiger partial charge in [0.1, 0.15) is 23.2 Å². The average Bonchev–Trinajstić information content (AvgIpc) is 2.73. The maximum atomic E-state index is 12.6. The molecule has 24 heavy (non-hydrogen) atoms. The number of carbonyl (C=O) groups is 2. The van der Waals surface area contributed by atoms with Gasteiger partial charge in [0, 0.05) is 4.75 Å². The molecular formula is C13H13BrCl4N2O3S. The fourth-order valence-electron chi connectivity index (χ4n) is 2.52. The molecule has 2 aliphatic heterocycles. The van der Waals surface area contributed by atoms with Crippen LogP contribution in [0.4, 0.5) is 0 Å². The van der Waals surface area contributed by atoms with Gasteiger partial charge in [-0.1, -0.05) is 53.0 Å². The number of thioether (sulfide) groups is 1. The molecule has 2 rings (SSSR count). The van der Waals surface area contributed by atoms with Crippen LogP contribution in [0.5, 0.6) is 0 Å². The topological polar surface area (TPSA) is 59.0 Å². The summed E-state index contributed by atoms with van der Waals surface area (Å²) >= 11 is 27.4. The Kier molecular flexibility index (Phi) is 5.86. The van der Waals surface area contributed by atoms with Gasteiger partial charge < -0.3 is 9.64 Å². The fraction of sp³-hybridized carbons (Fsp3) is 0.615. The second-order valence-corrected chi connectivity index (χ2v) is 11.6. The standard InChI is InChI=1S/C13H13BrCl4N2O3S/c1-4-6(15)19-13(14)9(22)20-7(11(2,3)24-10(13)20)8(21)23-5-12(16,17)18/h4,7,10H,1,5H2,2-3H3/t7-,10+,13+/m0/s1. The summed E-state index contributed by atoms with van der Waals surface area (Å²) in [6, 6.07) is -0.823. The molecule has 2 saturated heterocycles. The minimum Gasteiger partial charge on any atom is -0.460 e. The van der Waals surface area contributed by atoms with E-state index >= 15 is 0 Å². The molecule has 1 amide bonds. The molecule has 11 heteroatoms. The molecule has 0 aliphatic carbocycles. The van der Waals surface area contributed by atoms with Crippen LogP contribution in [0.3, 0.4) is 0 Å². The Morgan fingerprint density at radius 2 is 2.12 bits per heavy atom. The molecule has 2 aliphatic rings. The highest BCUT2D eigenvalue weighted by Crippen LogP contribution is 2.58. The van der Waals surface area contributed by atoms with Crippen LogP contribution in [0.2, 0.25) is 0 Å². The first kappa shape index (κ1) is 20.6. The number of halogens is 5. The highest BCUT2D eigenvalue weighted by Gasteiger charge is 2.71. The summed E-state index contributed by atoms with van der Waals surface area (Å²) in [7, 11) is 0. The monoisotopic (exact) mass is 496 g/mol. The quantitative estimate of drug-likeness (QED) is 0.194. The number of esters is 1. The Balaban J connectivity index is 2.24. The number of rotatable bonds is 4. The fourth-order valence-corrected chi connectivity index (χ4v) is 5.37. The predicted molar refractivity (Wildman–Crippen MR) is 102 cm³/mol. The minimum absolute atomic E-state index is 0.0977. The number of hydrogen-bond acceptors (Lipinski definition) is 5. The van der Waals surface area contributed by atoms with Gasteiger partial charge in [0.15, 0.2) is 0 Å². The van der Waals surface area contributed by atoms with Gasteiger partial charge in [0.25, 0.3) is 5.91 Å². The van der Waals surface area contributed by atoms with Crippen molar-refractivity contribution in [1.29, 1.82) is 0 Å². The zero-order chi connectivity index (χ0) is 18.5. The smallest absolute Gasteiger partial charge is 0.330 e. The molecule has 0 bridgehead atoms. The molecule has 0 saturated carbocycles. The first-order valence-corrected chi connectivity index (χ1v) is 9.82. The van der Waals surface area contributed by atoms with Crippen LogP contribution >= 0.6 is 74.1 Å². The van der Waals surface area contributed by atoms with Crippen LogP contribution in [0.25, 0.3) is 0 Å². The summed E-state index contributed by atoms with van der Waals surface area (Å²) in [6.45, 7) is 6.76. The Bertz CT molecular complexity index is 625.